The highest BCUT2D eigenvalue weighted by atomic mass is 16.4. The van der Waals surface area contributed by atoms with Gasteiger partial charge in [-0.1, -0.05) is 6.92 Å². The van der Waals surface area contributed by atoms with Crippen molar-refractivity contribution < 1.29 is 14.7 Å². The summed E-state index contributed by atoms with van der Waals surface area (Å²) >= 11 is 0. The molecular formula is C13H24N2O3. The molecule has 104 valence electrons. The number of carbonyl (C=O) groups is 2. The first-order chi connectivity index (χ1) is 8.11. The van der Waals surface area contributed by atoms with Crippen LogP contribution in [0.2, 0.25) is 0 Å². The second kappa shape index (κ2) is 5.26. The number of carboxylic acid groups (broad SMARTS) is 1. The fraction of sp³-hybridized carbons (Fsp3) is 0.846. The molecule has 0 aromatic rings. The van der Waals surface area contributed by atoms with Gasteiger partial charge < -0.3 is 10.4 Å². The van der Waals surface area contributed by atoms with Crippen LogP contribution in [0, 0.1) is 11.8 Å². The third-order valence-corrected chi connectivity index (χ3v) is 3.38. The molecule has 3 unspecified atom stereocenters. The fourth-order valence-corrected chi connectivity index (χ4v) is 2.28. The van der Waals surface area contributed by atoms with Crippen LogP contribution in [0.5, 0.6) is 0 Å². The van der Waals surface area contributed by atoms with E-state index in [2.05, 4.69) is 5.32 Å². The maximum Gasteiger partial charge on any atom is 0.308 e. The summed E-state index contributed by atoms with van der Waals surface area (Å²) < 4.78 is 0. The standard InChI is InChI=1S/C13H24N2O3/c1-8-6-15(7-10(8)12(17)18)9(2)11(16)14-13(3,4)5/h8-10H,6-7H2,1-5H3,(H,14,16)(H,17,18). The third-order valence-electron chi connectivity index (χ3n) is 3.38. The monoisotopic (exact) mass is 256 g/mol. The number of nitrogens with one attached hydrogen (secondary N) is 1. The van der Waals surface area contributed by atoms with Gasteiger partial charge in [0.1, 0.15) is 0 Å². The van der Waals surface area contributed by atoms with E-state index < -0.39 is 5.97 Å². The number of hydrogen-bond donors (Lipinski definition) is 2. The Morgan fingerprint density at radius 2 is 1.89 bits per heavy atom. The summed E-state index contributed by atoms with van der Waals surface area (Å²) in [5.41, 5.74) is -0.261. The van der Waals surface area contributed by atoms with Crippen LogP contribution in [-0.4, -0.2) is 46.6 Å². The summed E-state index contributed by atoms with van der Waals surface area (Å²) in [4.78, 5) is 25.0. The van der Waals surface area contributed by atoms with Crippen LogP contribution in [0.25, 0.3) is 0 Å². The van der Waals surface area contributed by atoms with E-state index in [9.17, 15) is 9.59 Å². The molecular weight excluding hydrogens is 232 g/mol. The summed E-state index contributed by atoms with van der Waals surface area (Å²) in [7, 11) is 0. The molecule has 5 nitrogen and oxygen atoms in total. The Morgan fingerprint density at radius 3 is 2.28 bits per heavy atom. The molecule has 0 aromatic heterocycles. The predicted molar refractivity (Wildman–Crippen MR) is 69.2 cm³/mol. The van der Waals surface area contributed by atoms with Gasteiger partial charge in [0.2, 0.25) is 5.91 Å². The van der Waals surface area contributed by atoms with Crippen molar-refractivity contribution in [3.63, 3.8) is 0 Å². The zero-order valence-corrected chi connectivity index (χ0v) is 11.9. The van der Waals surface area contributed by atoms with Crippen molar-refractivity contribution in [3.8, 4) is 0 Å². The van der Waals surface area contributed by atoms with Crippen LogP contribution < -0.4 is 5.32 Å². The molecule has 1 amide bonds. The zero-order valence-electron chi connectivity index (χ0n) is 11.9. The molecule has 1 aliphatic rings. The third kappa shape index (κ3) is 3.70. The number of hydrogen-bond acceptors (Lipinski definition) is 3. The molecule has 1 fully saturated rings. The first-order valence-electron chi connectivity index (χ1n) is 6.40. The molecule has 2 N–H and O–H groups in total. The van der Waals surface area contributed by atoms with Gasteiger partial charge in [-0.15, -0.1) is 0 Å². The number of carboxylic acids is 1. The minimum absolute atomic E-state index is 0.0410. The molecule has 1 rings (SSSR count). The van der Waals surface area contributed by atoms with Crippen molar-refractivity contribution in [2.75, 3.05) is 13.1 Å². The van der Waals surface area contributed by atoms with E-state index in [0.29, 0.717) is 13.1 Å². The Morgan fingerprint density at radius 1 is 1.33 bits per heavy atom. The topological polar surface area (TPSA) is 69.6 Å². The Balaban J connectivity index is 2.61. The average molecular weight is 256 g/mol. The quantitative estimate of drug-likeness (QED) is 0.788. The zero-order chi connectivity index (χ0) is 14.1. The number of aliphatic carboxylic acids is 1. The van der Waals surface area contributed by atoms with Crippen molar-refractivity contribution in [3.05, 3.63) is 0 Å². The van der Waals surface area contributed by atoms with E-state index >= 15 is 0 Å². The van der Waals surface area contributed by atoms with Gasteiger partial charge in [0.05, 0.1) is 12.0 Å². The maximum absolute atomic E-state index is 12.0. The van der Waals surface area contributed by atoms with E-state index in [1.807, 2.05) is 39.5 Å². The molecule has 1 heterocycles. The highest BCUT2D eigenvalue weighted by molar-refractivity contribution is 5.82. The SMILES string of the molecule is CC1CN(C(C)C(=O)NC(C)(C)C)CC1C(=O)O. The van der Waals surface area contributed by atoms with Crippen LogP contribution in [0.3, 0.4) is 0 Å². The van der Waals surface area contributed by atoms with E-state index in [-0.39, 0.29) is 29.3 Å². The number of likely N-dealkylation sites (tertiary alicyclic amines) is 1. The lowest BCUT2D eigenvalue weighted by atomic mass is 9.99. The van der Waals surface area contributed by atoms with Crippen molar-refractivity contribution >= 4 is 11.9 Å². The van der Waals surface area contributed by atoms with Crippen molar-refractivity contribution in [1.82, 2.24) is 10.2 Å². The van der Waals surface area contributed by atoms with Crippen LogP contribution in [-0.2, 0) is 9.59 Å². The first kappa shape index (κ1) is 15.0. The summed E-state index contributed by atoms with van der Waals surface area (Å²) in [5, 5.41) is 12.0. The highest BCUT2D eigenvalue weighted by Crippen LogP contribution is 2.25. The number of amides is 1. The average Bonchev–Trinajstić information content (AvgIpc) is 2.56. The molecule has 5 heteroatoms. The Labute approximate surface area is 109 Å². The van der Waals surface area contributed by atoms with Crippen LogP contribution in [0.1, 0.15) is 34.6 Å². The molecule has 1 aliphatic heterocycles. The molecule has 18 heavy (non-hydrogen) atoms. The lowest BCUT2D eigenvalue weighted by molar-refractivity contribution is -0.142. The van der Waals surface area contributed by atoms with Crippen LogP contribution in [0.4, 0.5) is 0 Å². The smallest absolute Gasteiger partial charge is 0.308 e. The van der Waals surface area contributed by atoms with Crippen molar-refractivity contribution in [2.24, 2.45) is 11.8 Å². The summed E-state index contributed by atoms with van der Waals surface area (Å²) in [6.07, 6.45) is 0. The van der Waals surface area contributed by atoms with Gasteiger partial charge in [0, 0.05) is 18.6 Å². The van der Waals surface area contributed by atoms with Gasteiger partial charge in [-0.25, -0.2) is 0 Å². The Kier molecular flexibility index (Phi) is 4.37. The normalized spacial score (nSPS) is 26.9. The Hall–Kier alpha value is -1.10. The minimum atomic E-state index is -0.770. The number of carbonyl (C=O) groups excluding carboxylic acids is 1. The van der Waals surface area contributed by atoms with Gasteiger partial charge in [0.15, 0.2) is 0 Å². The lowest BCUT2D eigenvalue weighted by Gasteiger charge is -2.28. The van der Waals surface area contributed by atoms with E-state index in [1.54, 1.807) is 0 Å². The molecule has 0 saturated carbocycles. The van der Waals surface area contributed by atoms with E-state index in [0.717, 1.165) is 0 Å². The maximum atomic E-state index is 12.0. The van der Waals surface area contributed by atoms with Gasteiger partial charge in [0.25, 0.3) is 0 Å². The van der Waals surface area contributed by atoms with Crippen molar-refractivity contribution in [2.45, 2.75) is 46.2 Å². The predicted octanol–water partition coefficient (Wildman–Crippen LogP) is 0.942. The van der Waals surface area contributed by atoms with E-state index in [1.165, 1.54) is 0 Å². The van der Waals surface area contributed by atoms with Gasteiger partial charge >= 0.3 is 5.97 Å². The first-order valence-corrected chi connectivity index (χ1v) is 6.40. The largest absolute Gasteiger partial charge is 0.481 e. The summed E-state index contributed by atoms with van der Waals surface area (Å²) in [5.74, 6) is -1.09. The van der Waals surface area contributed by atoms with Gasteiger partial charge in [-0.2, -0.15) is 0 Å². The second-order valence-electron chi connectivity index (χ2n) is 6.29. The second-order valence-corrected chi connectivity index (χ2v) is 6.29. The highest BCUT2D eigenvalue weighted by Gasteiger charge is 2.38. The van der Waals surface area contributed by atoms with Gasteiger partial charge in [-0.3, -0.25) is 14.5 Å². The molecule has 0 aliphatic carbocycles. The fourth-order valence-electron chi connectivity index (χ4n) is 2.28. The number of rotatable bonds is 3. The molecule has 3 atom stereocenters. The summed E-state index contributed by atoms with van der Waals surface area (Å²) in [6, 6.07) is -0.281. The minimum Gasteiger partial charge on any atom is -0.481 e. The molecule has 0 bridgehead atoms. The van der Waals surface area contributed by atoms with Crippen molar-refractivity contribution in [1.29, 1.82) is 0 Å². The van der Waals surface area contributed by atoms with Crippen LogP contribution in [0.15, 0.2) is 0 Å². The van der Waals surface area contributed by atoms with Gasteiger partial charge in [-0.05, 0) is 33.6 Å². The lowest BCUT2D eigenvalue weighted by Crippen LogP contribution is -2.50. The van der Waals surface area contributed by atoms with E-state index in [4.69, 9.17) is 5.11 Å². The molecule has 0 spiro atoms. The van der Waals surface area contributed by atoms with Crippen LogP contribution >= 0.6 is 0 Å². The molecule has 0 aromatic carbocycles. The summed E-state index contributed by atoms with van der Waals surface area (Å²) in [6.45, 7) is 10.7. The molecule has 0 radical (unpaired) electrons. The number of nitrogens with zero attached hydrogens (tertiary/aromatic N) is 1. The Bertz CT molecular complexity index is 336. The molecule has 1 saturated heterocycles.